The van der Waals surface area contributed by atoms with Crippen LogP contribution in [0.2, 0.25) is 0 Å². The van der Waals surface area contributed by atoms with Crippen molar-refractivity contribution >= 4 is 0 Å². The minimum atomic E-state index is 0.704. The summed E-state index contributed by atoms with van der Waals surface area (Å²) >= 11 is 0. The monoisotopic (exact) mass is 633 g/mol. The first-order valence-corrected chi connectivity index (χ1v) is 20.2. The molecule has 0 amide bonds. The lowest BCUT2D eigenvalue weighted by Crippen LogP contribution is -2.29. The van der Waals surface area contributed by atoms with Gasteiger partial charge in [0.1, 0.15) is 0 Å². The Morgan fingerprint density at radius 3 is 1.74 bits per heavy atom. The number of hydrogen-bond acceptors (Lipinski definition) is 0. The Hall–Kier alpha value is -1.56. The van der Waals surface area contributed by atoms with E-state index in [9.17, 15) is 0 Å². The molecular formula is C46H80. The van der Waals surface area contributed by atoms with Crippen molar-refractivity contribution in [1.29, 1.82) is 0 Å². The van der Waals surface area contributed by atoms with Gasteiger partial charge < -0.3 is 0 Å². The Balaban J connectivity index is 0.000000548. The normalized spacial score (nSPS) is 20.2. The van der Waals surface area contributed by atoms with E-state index in [4.69, 9.17) is 0 Å². The fourth-order valence-electron chi connectivity index (χ4n) is 8.19. The minimum Gasteiger partial charge on any atom is -0.106 e. The van der Waals surface area contributed by atoms with Crippen LogP contribution in [0.4, 0.5) is 0 Å². The molecule has 0 aromatic heterocycles. The van der Waals surface area contributed by atoms with Crippen LogP contribution in [-0.4, -0.2) is 0 Å². The summed E-state index contributed by atoms with van der Waals surface area (Å²) in [6, 6.07) is 8.82. The fraction of sp³-hybridized carbons (Fsp3) is 0.739. The fourth-order valence-corrected chi connectivity index (χ4v) is 8.19. The van der Waals surface area contributed by atoms with E-state index in [1.54, 1.807) is 0 Å². The van der Waals surface area contributed by atoms with Gasteiger partial charge in [0.25, 0.3) is 0 Å². The highest BCUT2D eigenvalue weighted by Crippen LogP contribution is 2.44. The lowest BCUT2D eigenvalue weighted by molar-refractivity contribution is 0.114. The smallest absolute Gasteiger partial charge is 0.0166 e. The van der Waals surface area contributed by atoms with Crippen LogP contribution < -0.4 is 0 Å². The van der Waals surface area contributed by atoms with Crippen LogP contribution in [-0.2, 0) is 0 Å². The van der Waals surface area contributed by atoms with Gasteiger partial charge in [-0.25, -0.2) is 0 Å². The zero-order valence-electron chi connectivity index (χ0n) is 32.1. The molecular weight excluding hydrogens is 553 g/mol. The molecule has 3 aliphatic carbocycles. The molecule has 0 heteroatoms. The van der Waals surface area contributed by atoms with Crippen molar-refractivity contribution in [1.82, 2.24) is 0 Å². The zero-order chi connectivity index (χ0) is 34.2. The van der Waals surface area contributed by atoms with Crippen molar-refractivity contribution in [3.05, 3.63) is 73.4 Å². The zero-order valence-corrected chi connectivity index (χ0v) is 32.1. The van der Waals surface area contributed by atoms with Crippen molar-refractivity contribution in [2.75, 3.05) is 0 Å². The van der Waals surface area contributed by atoms with Crippen LogP contribution in [0.1, 0.15) is 187 Å². The van der Waals surface area contributed by atoms with E-state index in [1.807, 2.05) is 0 Å². The maximum Gasteiger partial charge on any atom is -0.0166 e. The maximum absolute atomic E-state index is 4.13. The SMILES string of the molecule is C=C.C=CCC(CCCCCC(C)CC1CC1=C)CC(C1CCCCC1)C1CCCCC1.CCC.CCC(C)c1ccc(C)cc1. The Morgan fingerprint density at radius 1 is 0.783 bits per heavy atom. The summed E-state index contributed by atoms with van der Waals surface area (Å²) in [6.45, 7) is 27.6. The van der Waals surface area contributed by atoms with Gasteiger partial charge in [0.05, 0.1) is 0 Å². The molecule has 3 aliphatic rings. The van der Waals surface area contributed by atoms with Crippen LogP contribution in [0.25, 0.3) is 0 Å². The van der Waals surface area contributed by atoms with E-state index in [0.29, 0.717) is 5.92 Å². The lowest BCUT2D eigenvalue weighted by atomic mass is 9.66. The van der Waals surface area contributed by atoms with Crippen LogP contribution in [0, 0.1) is 42.4 Å². The van der Waals surface area contributed by atoms with Gasteiger partial charge in [-0.1, -0.05) is 185 Å². The van der Waals surface area contributed by atoms with Crippen molar-refractivity contribution in [2.24, 2.45) is 35.5 Å². The third kappa shape index (κ3) is 18.1. The number of benzene rings is 1. The molecule has 4 atom stereocenters. The number of rotatable bonds is 16. The quantitative estimate of drug-likeness (QED) is 0.126. The highest BCUT2D eigenvalue weighted by molar-refractivity contribution is 5.23. The van der Waals surface area contributed by atoms with Crippen molar-refractivity contribution in [3.63, 3.8) is 0 Å². The van der Waals surface area contributed by atoms with Gasteiger partial charge in [-0.15, -0.1) is 19.7 Å². The van der Waals surface area contributed by atoms with E-state index >= 15 is 0 Å². The predicted octanol–water partition coefficient (Wildman–Crippen LogP) is 15.6. The molecule has 0 radical (unpaired) electrons. The molecule has 1 aromatic rings. The average molecular weight is 633 g/mol. The second-order valence-electron chi connectivity index (χ2n) is 15.6. The summed E-state index contributed by atoms with van der Waals surface area (Å²) in [5.41, 5.74) is 4.31. The Labute approximate surface area is 290 Å². The number of aryl methyl sites for hydroxylation is 1. The van der Waals surface area contributed by atoms with Gasteiger partial charge in [-0.05, 0) is 86.0 Å². The average Bonchev–Trinajstić information content (AvgIpc) is 3.79. The van der Waals surface area contributed by atoms with E-state index in [-0.39, 0.29) is 0 Å². The summed E-state index contributed by atoms with van der Waals surface area (Å²) in [7, 11) is 0. The van der Waals surface area contributed by atoms with Gasteiger partial charge in [0.2, 0.25) is 0 Å². The third-order valence-electron chi connectivity index (χ3n) is 11.3. The Morgan fingerprint density at radius 2 is 1.28 bits per heavy atom. The van der Waals surface area contributed by atoms with Crippen molar-refractivity contribution < 1.29 is 0 Å². The molecule has 4 unspecified atom stereocenters. The molecule has 1 aromatic carbocycles. The Bertz CT molecular complexity index is 846. The highest BCUT2D eigenvalue weighted by atomic mass is 14.4. The standard InChI is InChI=1S/C30H52.C11H16.C3H8.C2H4/c1-4-14-26(16-9-5-8-15-24(2)21-29-22-25(29)3)23-30(27-17-10-6-11-18-27)28-19-12-7-13-20-28;1-4-10(3)11-7-5-9(2)6-8-11;1-3-2;1-2/h4,24,26-30H,1,3,5-23H2,2H3;5-8,10H,4H2,1-3H3;3H2,1-2H3;1-2H2. The topological polar surface area (TPSA) is 0 Å². The number of hydrogen-bond donors (Lipinski definition) is 0. The predicted molar refractivity (Wildman–Crippen MR) is 211 cm³/mol. The van der Waals surface area contributed by atoms with Gasteiger partial charge in [0, 0.05) is 0 Å². The second-order valence-corrected chi connectivity index (χ2v) is 15.6. The molecule has 0 spiro atoms. The van der Waals surface area contributed by atoms with Crippen LogP contribution in [0.5, 0.6) is 0 Å². The van der Waals surface area contributed by atoms with E-state index in [2.05, 4.69) is 98.2 Å². The molecule has 0 nitrogen and oxygen atoms in total. The van der Waals surface area contributed by atoms with Crippen molar-refractivity contribution in [3.8, 4) is 0 Å². The molecule has 3 saturated carbocycles. The molecule has 0 heterocycles. The Kier molecular flexibility index (Phi) is 24.4. The van der Waals surface area contributed by atoms with Crippen LogP contribution >= 0.6 is 0 Å². The van der Waals surface area contributed by atoms with E-state index in [0.717, 1.165) is 35.5 Å². The third-order valence-corrected chi connectivity index (χ3v) is 11.3. The number of unbranched alkanes of at least 4 members (excludes halogenated alkanes) is 2. The first kappa shape index (κ1) is 42.5. The maximum atomic E-state index is 4.13. The highest BCUT2D eigenvalue weighted by Gasteiger charge is 2.33. The minimum absolute atomic E-state index is 0.704. The largest absolute Gasteiger partial charge is 0.106 e. The van der Waals surface area contributed by atoms with E-state index < -0.39 is 0 Å². The van der Waals surface area contributed by atoms with E-state index in [1.165, 1.54) is 152 Å². The lowest BCUT2D eigenvalue weighted by Gasteiger charge is -2.39. The van der Waals surface area contributed by atoms with Crippen molar-refractivity contribution in [2.45, 2.75) is 182 Å². The van der Waals surface area contributed by atoms with Gasteiger partial charge in [0.15, 0.2) is 0 Å². The van der Waals surface area contributed by atoms with Crippen LogP contribution in [0.3, 0.4) is 0 Å². The van der Waals surface area contributed by atoms with Crippen LogP contribution in [0.15, 0.2) is 62.2 Å². The molecule has 46 heavy (non-hydrogen) atoms. The van der Waals surface area contributed by atoms with Gasteiger partial charge >= 0.3 is 0 Å². The molecule has 0 saturated heterocycles. The second kappa shape index (κ2) is 26.4. The number of allylic oxidation sites excluding steroid dienone is 2. The summed E-state index contributed by atoms with van der Waals surface area (Å²) in [6.07, 6.45) is 32.6. The van der Waals surface area contributed by atoms with Gasteiger partial charge in [-0.3, -0.25) is 0 Å². The molecule has 0 bridgehead atoms. The molecule has 264 valence electrons. The van der Waals surface area contributed by atoms with Gasteiger partial charge in [-0.2, -0.15) is 0 Å². The molecule has 4 rings (SSSR count). The summed E-state index contributed by atoms with van der Waals surface area (Å²) in [5.74, 6) is 6.52. The summed E-state index contributed by atoms with van der Waals surface area (Å²) in [5, 5.41) is 0. The summed E-state index contributed by atoms with van der Waals surface area (Å²) < 4.78 is 0. The summed E-state index contributed by atoms with van der Waals surface area (Å²) in [4.78, 5) is 0. The first-order chi connectivity index (χ1) is 22.3. The first-order valence-electron chi connectivity index (χ1n) is 20.2. The molecule has 0 aliphatic heterocycles. The molecule has 0 N–H and O–H groups in total. The molecule has 3 fully saturated rings.